The molecule has 0 saturated carbocycles. The van der Waals surface area contributed by atoms with Gasteiger partial charge >= 0.3 is 0 Å². The number of pyridine rings is 1. The largest absolute Gasteiger partial charge is 0.383 e. The molecule has 0 fully saturated rings. The average molecular weight is 313 g/mol. The summed E-state index contributed by atoms with van der Waals surface area (Å²) in [6.07, 6.45) is 1.75. The predicted molar refractivity (Wildman–Crippen MR) is 75.4 cm³/mol. The molecule has 2 aromatic rings. The van der Waals surface area contributed by atoms with Gasteiger partial charge in [0.25, 0.3) is 0 Å². The first-order valence-electron chi connectivity index (χ1n) is 5.82. The van der Waals surface area contributed by atoms with Crippen molar-refractivity contribution in [2.75, 3.05) is 19.5 Å². The van der Waals surface area contributed by atoms with E-state index in [0.29, 0.717) is 18.5 Å². The number of nitrogens with zero attached hydrogens (tertiary/aromatic N) is 3. The zero-order chi connectivity index (χ0) is 13.3. The summed E-state index contributed by atoms with van der Waals surface area (Å²) >= 11 is 3.39. The molecular weight excluding hydrogens is 296 g/mol. The van der Waals surface area contributed by atoms with E-state index in [9.17, 15) is 0 Å². The van der Waals surface area contributed by atoms with Crippen LogP contribution in [0.15, 0.2) is 16.7 Å². The maximum Gasteiger partial charge on any atom is 0.202 e. The number of methoxy groups -OCH3 is 1. The summed E-state index contributed by atoms with van der Waals surface area (Å²) in [5.74, 6) is 0.862. The van der Waals surface area contributed by atoms with Crippen LogP contribution < -0.4 is 5.73 Å². The molecule has 1 atom stereocenters. The van der Waals surface area contributed by atoms with Gasteiger partial charge < -0.3 is 10.5 Å². The number of imidazole rings is 1. The van der Waals surface area contributed by atoms with Crippen LogP contribution in [0.5, 0.6) is 0 Å². The maximum atomic E-state index is 6.01. The van der Waals surface area contributed by atoms with Crippen molar-refractivity contribution in [2.45, 2.75) is 19.9 Å². The third-order valence-corrected chi connectivity index (χ3v) is 3.40. The summed E-state index contributed by atoms with van der Waals surface area (Å²) in [5, 5.41) is 0. The van der Waals surface area contributed by atoms with E-state index in [1.165, 1.54) is 0 Å². The predicted octanol–water partition coefficient (Wildman–Crippen LogP) is 2.62. The Hall–Kier alpha value is -1.14. The van der Waals surface area contributed by atoms with Crippen molar-refractivity contribution in [1.82, 2.24) is 14.5 Å². The highest BCUT2D eigenvalue weighted by atomic mass is 79.9. The Bertz CT molecular complexity index is 552. The van der Waals surface area contributed by atoms with E-state index >= 15 is 0 Å². The van der Waals surface area contributed by atoms with E-state index in [1.54, 1.807) is 13.3 Å². The molecular formula is C12H17BrN4O. The molecule has 1 unspecified atom stereocenters. The van der Waals surface area contributed by atoms with E-state index in [1.807, 2.05) is 10.6 Å². The number of rotatable bonds is 4. The van der Waals surface area contributed by atoms with Crippen molar-refractivity contribution < 1.29 is 4.74 Å². The summed E-state index contributed by atoms with van der Waals surface area (Å²) in [5.41, 5.74) is 7.61. The fourth-order valence-corrected chi connectivity index (χ4v) is 2.36. The molecule has 0 aliphatic carbocycles. The standard InChI is InChI=1S/C12H17BrN4O/c1-7(2)10(6-18-3)17-11-9(16-12(17)14)4-8(13)5-15-11/h4-5,7,10H,6H2,1-3H3,(H2,14,16). The van der Waals surface area contributed by atoms with Crippen LogP contribution in [0.2, 0.25) is 0 Å². The number of hydrogen-bond donors (Lipinski definition) is 1. The maximum absolute atomic E-state index is 6.01. The zero-order valence-electron chi connectivity index (χ0n) is 10.7. The van der Waals surface area contributed by atoms with Gasteiger partial charge in [0.05, 0.1) is 12.6 Å². The van der Waals surface area contributed by atoms with Crippen LogP contribution >= 0.6 is 15.9 Å². The number of nitrogen functional groups attached to an aromatic ring is 1. The average Bonchev–Trinajstić information content (AvgIpc) is 2.61. The first kappa shape index (κ1) is 13.3. The summed E-state index contributed by atoms with van der Waals surface area (Å²) < 4.78 is 8.13. The van der Waals surface area contributed by atoms with Crippen LogP contribution in [0, 0.1) is 5.92 Å². The minimum Gasteiger partial charge on any atom is -0.383 e. The summed E-state index contributed by atoms with van der Waals surface area (Å²) in [6.45, 7) is 4.85. The minimum absolute atomic E-state index is 0.133. The number of halogens is 1. The molecule has 0 aliphatic rings. The molecule has 2 aromatic heterocycles. The van der Waals surface area contributed by atoms with Crippen LogP contribution in [0.25, 0.3) is 11.2 Å². The van der Waals surface area contributed by atoms with Gasteiger partial charge in [0, 0.05) is 17.8 Å². The van der Waals surface area contributed by atoms with Gasteiger partial charge in [-0.1, -0.05) is 13.8 Å². The molecule has 0 radical (unpaired) electrons. The Morgan fingerprint density at radius 2 is 2.22 bits per heavy atom. The van der Waals surface area contributed by atoms with E-state index in [0.717, 1.165) is 15.6 Å². The van der Waals surface area contributed by atoms with Gasteiger partial charge in [-0.15, -0.1) is 0 Å². The molecule has 0 amide bonds. The molecule has 0 spiro atoms. The third kappa shape index (κ3) is 2.35. The topological polar surface area (TPSA) is 66.0 Å². The van der Waals surface area contributed by atoms with Crippen molar-refractivity contribution in [3.8, 4) is 0 Å². The first-order valence-corrected chi connectivity index (χ1v) is 6.61. The molecule has 0 aromatic carbocycles. The normalized spacial score (nSPS) is 13.4. The van der Waals surface area contributed by atoms with Crippen molar-refractivity contribution in [1.29, 1.82) is 0 Å². The van der Waals surface area contributed by atoms with Gasteiger partial charge in [0.15, 0.2) is 5.65 Å². The Morgan fingerprint density at radius 1 is 1.50 bits per heavy atom. The second-order valence-electron chi connectivity index (χ2n) is 4.60. The van der Waals surface area contributed by atoms with Gasteiger partial charge in [-0.2, -0.15) is 0 Å². The van der Waals surface area contributed by atoms with E-state index in [-0.39, 0.29) is 6.04 Å². The molecule has 5 nitrogen and oxygen atoms in total. The number of ether oxygens (including phenoxy) is 1. The van der Waals surface area contributed by atoms with Crippen molar-refractivity contribution >= 4 is 33.0 Å². The molecule has 0 saturated heterocycles. The van der Waals surface area contributed by atoms with Gasteiger partial charge in [-0.25, -0.2) is 9.97 Å². The lowest BCUT2D eigenvalue weighted by Gasteiger charge is -2.22. The summed E-state index contributed by atoms with van der Waals surface area (Å²) in [7, 11) is 1.69. The molecule has 18 heavy (non-hydrogen) atoms. The quantitative estimate of drug-likeness (QED) is 0.942. The lowest BCUT2D eigenvalue weighted by molar-refractivity contribution is 0.136. The molecule has 2 heterocycles. The van der Waals surface area contributed by atoms with Gasteiger partial charge in [0.2, 0.25) is 5.95 Å². The fraction of sp³-hybridized carbons (Fsp3) is 0.500. The number of nitrogens with two attached hydrogens (primary N) is 1. The third-order valence-electron chi connectivity index (χ3n) is 2.96. The number of aromatic nitrogens is 3. The second kappa shape index (κ2) is 5.24. The highest BCUT2D eigenvalue weighted by Crippen LogP contribution is 2.27. The van der Waals surface area contributed by atoms with Crippen molar-refractivity contribution in [2.24, 2.45) is 5.92 Å². The van der Waals surface area contributed by atoms with Crippen LogP contribution in [0.1, 0.15) is 19.9 Å². The van der Waals surface area contributed by atoms with Gasteiger partial charge in [-0.05, 0) is 27.9 Å². The van der Waals surface area contributed by atoms with Crippen LogP contribution in [0.4, 0.5) is 5.95 Å². The summed E-state index contributed by atoms with van der Waals surface area (Å²) in [4.78, 5) is 8.76. The van der Waals surface area contributed by atoms with Crippen LogP contribution in [-0.2, 0) is 4.74 Å². The molecule has 2 rings (SSSR count). The molecule has 0 aliphatic heterocycles. The molecule has 98 valence electrons. The van der Waals surface area contributed by atoms with Crippen LogP contribution in [-0.4, -0.2) is 28.3 Å². The molecule has 2 N–H and O–H groups in total. The van der Waals surface area contributed by atoms with Crippen LogP contribution in [0.3, 0.4) is 0 Å². The van der Waals surface area contributed by atoms with Gasteiger partial charge in [-0.3, -0.25) is 4.57 Å². The van der Waals surface area contributed by atoms with E-state index < -0.39 is 0 Å². The SMILES string of the molecule is COCC(C(C)C)n1c(N)nc2cc(Br)cnc21. The molecule has 0 bridgehead atoms. The lowest BCUT2D eigenvalue weighted by atomic mass is 10.1. The highest BCUT2D eigenvalue weighted by molar-refractivity contribution is 9.10. The van der Waals surface area contributed by atoms with Gasteiger partial charge in [0.1, 0.15) is 5.52 Å². The van der Waals surface area contributed by atoms with Crippen molar-refractivity contribution in [3.63, 3.8) is 0 Å². The monoisotopic (exact) mass is 312 g/mol. The highest BCUT2D eigenvalue weighted by Gasteiger charge is 2.21. The summed E-state index contributed by atoms with van der Waals surface area (Å²) in [6, 6.07) is 2.05. The van der Waals surface area contributed by atoms with Crippen molar-refractivity contribution in [3.05, 3.63) is 16.7 Å². The second-order valence-corrected chi connectivity index (χ2v) is 5.52. The smallest absolute Gasteiger partial charge is 0.202 e. The minimum atomic E-state index is 0.133. The lowest BCUT2D eigenvalue weighted by Crippen LogP contribution is -2.22. The first-order chi connectivity index (χ1) is 8.54. The Kier molecular flexibility index (Phi) is 3.87. The number of fused-ring (bicyclic) bond motifs is 1. The molecule has 6 heteroatoms. The fourth-order valence-electron chi connectivity index (χ4n) is 2.04. The van der Waals surface area contributed by atoms with E-state index in [2.05, 4.69) is 39.7 Å². The zero-order valence-corrected chi connectivity index (χ0v) is 12.3. The number of anilines is 1. The Balaban J connectivity index is 2.57. The Morgan fingerprint density at radius 3 is 2.83 bits per heavy atom. The number of hydrogen-bond acceptors (Lipinski definition) is 4. The van der Waals surface area contributed by atoms with E-state index in [4.69, 9.17) is 10.5 Å². The Labute approximate surface area is 114 Å².